The molecule has 3 heteroatoms. The molecule has 4 rings (SSSR count). The normalized spacial score (nSPS) is 29.8. The number of nitrogens with zero attached hydrogens (tertiary/aromatic N) is 1. The fourth-order valence-corrected chi connectivity index (χ4v) is 3.64. The Hall–Kier alpha value is -1.79. The number of aromatic amines is 1. The molecule has 2 N–H and O–H groups in total. The van der Waals surface area contributed by atoms with Gasteiger partial charge in [-0.05, 0) is 30.0 Å². The minimum atomic E-state index is 0.155. The van der Waals surface area contributed by atoms with Crippen LogP contribution in [-0.2, 0) is 6.42 Å². The molecule has 0 radical (unpaired) electrons. The lowest BCUT2D eigenvalue weighted by Crippen LogP contribution is -2.46. The predicted molar refractivity (Wildman–Crippen MR) is 70.3 cm³/mol. The first-order valence-electron chi connectivity index (χ1n) is 6.58. The minimum absolute atomic E-state index is 0.155. The van der Waals surface area contributed by atoms with E-state index in [-0.39, 0.29) is 5.92 Å². The van der Waals surface area contributed by atoms with Crippen molar-refractivity contribution >= 4 is 10.9 Å². The van der Waals surface area contributed by atoms with E-state index in [1.54, 1.807) is 0 Å². The highest BCUT2D eigenvalue weighted by Crippen LogP contribution is 2.41. The molecule has 2 aliphatic rings. The van der Waals surface area contributed by atoms with E-state index < -0.39 is 0 Å². The van der Waals surface area contributed by atoms with Crippen LogP contribution in [0, 0.1) is 17.2 Å². The molecule has 3 nitrogen and oxygen atoms in total. The van der Waals surface area contributed by atoms with Crippen molar-refractivity contribution in [2.24, 2.45) is 5.92 Å². The second-order valence-electron chi connectivity index (χ2n) is 5.47. The quantitative estimate of drug-likeness (QED) is 0.738. The van der Waals surface area contributed by atoms with Crippen LogP contribution < -0.4 is 5.32 Å². The first-order chi connectivity index (χ1) is 8.86. The van der Waals surface area contributed by atoms with Gasteiger partial charge in [0.15, 0.2) is 0 Å². The first kappa shape index (κ1) is 10.2. The highest BCUT2D eigenvalue weighted by molar-refractivity contribution is 5.88. The van der Waals surface area contributed by atoms with Crippen LogP contribution in [0.3, 0.4) is 0 Å². The van der Waals surface area contributed by atoms with E-state index in [0.29, 0.717) is 12.0 Å². The van der Waals surface area contributed by atoms with Crippen molar-refractivity contribution in [1.29, 1.82) is 5.26 Å². The summed E-state index contributed by atoms with van der Waals surface area (Å²) in [7, 11) is 0. The summed E-state index contributed by atoms with van der Waals surface area (Å²) in [6, 6.07) is 9.41. The van der Waals surface area contributed by atoms with Gasteiger partial charge < -0.3 is 10.3 Å². The largest absolute Gasteiger partial charge is 0.361 e. The number of benzene rings is 1. The molecule has 2 aromatic rings. The third-order valence-corrected chi connectivity index (χ3v) is 4.49. The maximum absolute atomic E-state index is 9.13. The lowest BCUT2D eigenvalue weighted by atomic mass is 9.73. The highest BCUT2D eigenvalue weighted by Gasteiger charge is 2.36. The average Bonchev–Trinajstić information content (AvgIpc) is 2.83. The molecule has 3 atom stereocenters. The van der Waals surface area contributed by atoms with Gasteiger partial charge in [-0.25, -0.2) is 0 Å². The van der Waals surface area contributed by atoms with E-state index in [1.807, 2.05) is 0 Å². The van der Waals surface area contributed by atoms with Crippen molar-refractivity contribution in [2.45, 2.75) is 24.8 Å². The second-order valence-corrected chi connectivity index (χ2v) is 5.47. The smallest absolute Gasteiger partial charge is 0.0669 e. The van der Waals surface area contributed by atoms with Crippen LogP contribution in [0.5, 0.6) is 0 Å². The Balaban J connectivity index is 1.88. The van der Waals surface area contributed by atoms with Gasteiger partial charge in [-0.3, -0.25) is 0 Å². The molecule has 1 fully saturated rings. The van der Waals surface area contributed by atoms with Crippen LogP contribution in [0.25, 0.3) is 10.9 Å². The molecule has 1 unspecified atom stereocenters. The van der Waals surface area contributed by atoms with Crippen molar-refractivity contribution in [3.8, 4) is 6.07 Å². The second kappa shape index (κ2) is 3.60. The SMILES string of the molecule is N#CC1CN[C@@H]2Cc3c[nH]c4cccc(c34)[C@H]2C1. The topological polar surface area (TPSA) is 51.6 Å². The first-order valence-corrected chi connectivity index (χ1v) is 6.58. The molecule has 18 heavy (non-hydrogen) atoms. The zero-order valence-corrected chi connectivity index (χ0v) is 10.1. The van der Waals surface area contributed by atoms with Crippen LogP contribution in [0.15, 0.2) is 24.4 Å². The van der Waals surface area contributed by atoms with Crippen molar-refractivity contribution in [3.63, 3.8) is 0 Å². The van der Waals surface area contributed by atoms with Crippen molar-refractivity contribution < 1.29 is 0 Å². The summed E-state index contributed by atoms with van der Waals surface area (Å²) in [4.78, 5) is 3.36. The number of nitriles is 1. The van der Waals surface area contributed by atoms with Crippen LogP contribution in [0.4, 0.5) is 0 Å². The van der Waals surface area contributed by atoms with Crippen LogP contribution >= 0.6 is 0 Å². The van der Waals surface area contributed by atoms with Gasteiger partial charge in [-0.2, -0.15) is 5.26 Å². The minimum Gasteiger partial charge on any atom is -0.361 e. The number of hydrogen-bond donors (Lipinski definition) is 2. The summed E-state index contributed by atoms with van der Waals surface area (Å²) < 4.78 is 0. The van der Waals surface area contributed by atoms with E-state index in [2.05, 4.69) is 40.8 Å². The molecule has 90 valence electrons. The van der Waals surface area contributed by atoms with Crippen molar-refractivity contribution in [3.05, 3.63) is 35.5 Å². The van der Waals surface area contributed by atoms with E-state index in [0.717, 1.165) is 19.4 Å². The Labute approximate surface area is 106 Å². The van der Waals surface area contributed by atoms with Crippen LogP contribution in [-0.4, -0.2) is 17.6 Å². The molecule has 0 amide bonds. The van der Waals surface area contributed by atoms with Crippen molar-refractivity contribution in [1.82, 2.24) is 10.3 Å². The molecule has 0 saturated carbocycles. The lowest BCUT2D eigenvalue weighted by molar-refractivity contribution is 0.305. The van der Waals surface area contributed by atoms with Gasteiger partial charge in [-0.15, -0.1) is 0 Å². The summed E-state index contributed by atoms with van der Waals surface area (Å²) in [6.45, 7) is 0.841. The number of rotatable bonds is 0. The molecular formula is C15H15N3. The average molecular weight is 237 g/mol. The standard InChI is InChI=1S/C15H15N3/c16-6-9-4-12-11-2-1-3-13-15(11)10(8-18-13)5-14(12)17-7-9/h1-3,8-9,12,14,17-18H,4-5,7H2/t9?,12-,14-/m1/s1. The summed E-state index contributed by atoms with van der Waals surface area (Å²) >= 11 is 0. The van der Waals surface area contributed by atoms with Crippen LogP contribution in [0.1, 0.15) is 23.5 Å². The fraction of sp³-hybridized carbons (Fsp3) is 0.400. The van der Waals surface area contributed by atoms with Gasteiger partial charge in [0.2, 0.25) is 0 Å². The highest BCUT2D eigenvalue weighted by atomic mass is 14.9. The number of aromatic nitrogens is 1. The molecule has 0 spiro atoms. The molecule has 1 aliphatic heterocycles. The maximum atomic E-state index is 9.13. The van der Waals surface area contributed by atoms with Gasteiger partial charge in [0.05, 0.1) is 12.0 Å². The number of piperidine rings is 1. The third-order valence-electron chi connectivity index (χ3n) is 4.49. The van der Waals surface area contributed by atoms with Gasteiger partial charge in [0.25, 0.3) is 0 Å². The van der Waals surface area contributed by atoms with E-state index >= 15 is 0 Å². The third kappa shape index (κ3) is 1.27. The number of nitrogens with one attached hydrogen (secondary N) is 2. The molecular weight excluding hydrogens is 222 g/mol. The van der Waals surface area contributed by atoms with Crippen molar-refractivity contribution in [2.75, 3.05) is 6.54 Å². The predicted octanol–water partition coefficient (Wildman–Crippen LogP) is 2.31. The molecule has 1 aromatic heterocycles. The Morgan fingerprint density at radius 2 is 2.28 bits per heavy atom. The molecule has 2 heterocycles. The molecule has 1 aromatic carbocycles. The monoisotopic (exact) mass is 237 g/mol. The molecule has 1 saturated heterocycles. The number of fused-ring (bicyclic) bond motifs is 2. The van der Waals surface area contributed by atoms with Gasteiger partial charge in [-0.1, -0.05) is 12.1 Å². The van der Waals surface area contributed by atoms with E-state index in [4.69, 9.17) is 5.26 Å². The summed E-state index contributed by atoms with van der Waals surface area (Å²) in [6.07, 6.45) is 4.22. The van der Waals surface area contributed by atoms with Crippen LogP contribution in [0.2, 0.25) is 0 Å². The molecule has 1 aliphatic carbocycles. The Morgan fingerprint density at radius 1 is 1.33 bits per heavy atom. The van der Waals surface area contributed by atoms with Gasteiger partial charge >= 0.3 is 0 Å². The zero-order valence-electron chi connectivity index (χ0n) is 10.1. The number of H-pyrrole nitrogens is 1. The Bertz CT molecular complexity index is 649. The lowest BCUT2D eigenvalue weighted by Gasteiger charge is -2.38. The summed E-state index contributed by atoms with van der Waals surface area (Å²) in [5.74, 6) is 0.650. The fourth-order valence-electron chi connectivity index (χ4n) is 3.64. The Kier molecular flexibility index (Phi) is 2.03. The zero-order chi connectivity index (χ0) is 12.1. The summed E-state index contributed by atoms with van der Waals surface area (Å²) in [5, 5.41) is 14.1. The molecule has 0 bridgehead atoms. The maximum Gasteiger partial charge on any atom is 0.0669 e. The Morgan fingerprint density at radius 3 is 3.17 bits per heavy atom. The van der Waals surface area contributed by atoms with Gasteiger partial charge in [0, 0.05) is 35.6 Å². The van der Waals surface area contributed by atoms with E-state index in [1.165, 1.54) is 22.0 Å². The van der Waals surface area contributed by atoms with E-state index in [9.17, 15) is 0 Å². The number of hydrogen-bond acceptors (Lipinski definition) is 2. The van der Waals surface area contributed by atoms with Gasteiger partial charge in [0.1, 0.15) is 0 Å². The summed E-state index contributed by atoms with van der Waals surface area (Å²) in [5.41, 5.74) is 4.08.